The van der Waals surface area contributed by atoms with Crippen molar-refractivity contribution in [3.8, 4) is 5.75 Å². The molecule has 0 heterocycles. The van der Waals surface area contributed by atoms with Gasteiger partial charge in [0.1, 0.15) is 5.75 Å². The third-order valence-corrected chi connectivity index (χ3v) is 2.90. The van der Waals surface area contributed by atoms with E-state index in [-0.39, 0.29) is 12.2 Å². The first-order valence-electron chi connectivity index (χ1n) is 8.38. The molecule has 2 N–H and O–H groups in total. The standard InChI is InChI=1S/C18H27N3O4/c1-13(2)24-11-5-10-19-17(22)18(23)21-20-12-15-6-8-16(9-7-15)25-14(3)4/h6-9,12-14H,5,10-11H2,1-4H3,(H,19,22)(H,21,23)/b20-12-. The number of ether oxygens (including phenoxy) is 2. The van der Waals surface area contributed by atoms with Gasteiger partial charge in [0.05, 0.1) is 18.4 Å². The van der Waals surface area contributed by atoms with Gasteiger partial charge in [-0.1, -0.05) is 0 Å². The van der Waals surface area contributed by atoms with E-state index in [0.717, 1.165) is 11.3 Å². The van der Waals surface area contributed by atoms with E-state index in [4.69, 9.17) is 9.47 Å². The molecule has 0 saturated carbocycles. The number of benzene rings is 1. The third kappa shape index (κ3) is 9.46. The SMILES string of the molecule is CC(C)OCCCNC(=O)C(=O)N/N=C\c1ccc(OC(C)C)cc1. The van der Waals surface area contributed by atoms with Gasteiger partial charge < -0.3 is 14.8 Å². The predicted octanol–water partition coefficient (Wildman–Crippen LogP) is 1.86. The van der Waals surface area contributed by atoms with Crippen LogP contribution in [0.15, 0.2) is 29.4 Å². The number of nitrogens with one attached hydrogen (secondary N) is 2. The van der Waals surface area contributed by atoms with E-state index in [0.29, 0.717) is 19.6 Å². The Balaban J connectivity index is 2.30. The molecule has 0 bridgehead atoms. The lowest BCUT2D eigenvalue weighted by Gasteiger charge is -2.09. The average molecular weight is 349 g/mol. The van der Waals surface area contributed by atoms with E-state index >= 15 is 0 Å². The minimum Gasteiger partial charge on any atom is -0.491 e. The van der Waals surface area contributed by atoms with Crippen molar-refractivity contribution in [2.24, 2.45) is 5.10 Å². The smallest absolute Gasteiger partial charge is 0.329 e. The maximum Gasteiger partial charge on any atom is 0.329 e. The monoisotopic (exact) mass is 349 g/mol. The molecular weight excluding hydrogens is 322 g/mol. The molecule has 1 aromatic rings. The summed E-state index contributed by atoms with van der Waals surface area (Å²) in [5, 5.41) is 6.28. The lowest BCUT2D eigenvalue weighted by Crippen LogP contribution is -2.38. The number of hydrazone groups is 1. The van der Waals surface area contributed by atoms with Gasteiger partial charge in [0, 0.05) is 13.2 Å². The van der Waals surface area contributed by atoms with Crippen LogP contribution in [-0.2, 0) is 14.3 Å². The number of nitrogens with zero attached hydrogens (tertiary/aromatic N) is 1. The largest absolute Gasteiger partial charge is 0.491 e. The Morgan fingerprint density at radius 2 is 1.76 bits per heavy atom. The number of rotatable bonds is 9. The summed E-state index contributed by atoms with van der Waals surface area (Å²) >= 11 is 0. The molecule has 1 aromatic carbocycles. The van der Waals surface area contributed by atoms with Crippen molar-refractivity contribution in [1.29, 1.82) is 0 Å². The Kier molecular flexibility index (Phi) is 9.24. The van der Waals surface area contributed by atoms with E-state index in [2.05, 4.69) is 15.8 Å². The molecule has 1 rings (SSSR count). The van der Waals surface area contributed by atoms with Crippen LogP contribution in [0.1, 0.15) is 39.7 Å². The lowest BCUT2D eigenvalue weighted by atomic mass is 10.2. The van der Waals surface area contributed by atoms with E-state index < -0.39 is 11.8 Å². The van der Waals surface area contributed by atoms with Crippen molar-refractivity contribution in [3.63, 3.8) is 0 Å². The highest BCUT2D eigenvalue weighted by Crippen LogP contribution is 2.12. The molecule has 2 amide bonds. The molecule has 7 heteroatoms. The zero-order valence-electron chi connectivity index (χ0n) is 15.2. The van der Waals surface area contributed by atoms with Crippen LogP contribution in [0.3, 0.4) is 0 Å². The van der Waals surface area contributed by atoms with Crippen molar-refractivity contribution in [1.82, 2.24) is 10.7 Å². The summed E-state index contributed by atoms with van der Waals surface area (Å²) in [5.41, 5.74) is 2.97. The van der Waals surface area contributed by atoms with E-state index in [1.165, 1.54) is 6.21 Å². The van der Waals surface area contributed by atoms with Gasteiger partial charge in [-0.25, -0.2) is 5.43 Å². The summed E-state index contributed by atoms with van der Waals surface area (Å²) in [6.45, 7) is 8.69. The zero-order chi connectivity index (χ0) is 18.7. The second kappa shape index (κ2) is 11.2. The first-order valence-corrected chi connectivity index (χ1v) is 8.38. The molecule has 0 aliphatic rings. The Morgan fingerprint density at radius 1 is 1.08 bits per heavy atom. The van der Waals surface area contributed by atoms with Crippen LogP contribution in [0.4, 0.5) is 0 Å². The average Bonchev–Trinajstić information content (AvgIpc) is 2.55. The highest BCUT2D eigenvalue weighted by Gasteiger charge is 2.11. The fraction of sp³-hybridized carbons (Fsp3) is 0.500. The molecule has 138 valence electrons. The number of carbonyl (C=O) groups excluding carboxylic acids is 2. The Bertz CT molecular complexity index is 568. The quantitative estimate of drug-likeness (QED) is 0.308. The highest BCUT2D eigenvalue weighted by atomic mass is 16.5. The fourth-order valence-electron chi connectivity index (χ4n) is 1.79. The Labute approximate surface area is 148 Å². The summed E-state index contributed by atoms with van der Waals surface area (Å²) < 4.78 is 10.9. The van der Waals surface area contributed by atoms with Crippen molar-refractivity contribution < 1.29 is 19.1 Å². The first kappa shape index (κ1) is 20.6. The van der Waals surface area contributed by atoms with Crippen LogP contribution in [0.2, 0.25) is 0 Å². The summed E-state index contributed by atoms with van der Waals surface area (Å²) in [6.07, 6.45) is 2.36. The second-order valence-corrected chi connectivity index (χ2v) is 5.96. The summed E-state index contributed by atoms with van der Waals surface area (Å²) in [5.74, 6) is -0.764. The lowest BCUT2D eigenvalue weighted by molar-refractivity contribution is -0.139. The number of hydrogen-bond acceptors (Lipinski definition) is 5. The van der Waals surface area contributed by atoms with Crippen LogP contribution in [0.5, 0.6) is 5.75 Å². The highest BCUT2D eigenvalue weighted by molar-refractivity contribution is 6.35. The van der Waals surface area contributed by atoms with Crippen LogP contribution >= 0.6 is 0 Å². The number of carbonyl (C=O) groups is 2. The van der Waals surface area contributed by atoms with Crippen molar-refractivity contribution in [2.75, 3.05) is 13.2 Å². The Morgan fingerprint density at radius 3 is 2.36 bits per heavy atom. The summed E-state index contributed by atoms with van der Waals surface area (Å²) in [7, 11) is 0. The number of amides is 2. The van der Waals surface area contributed by atoms with E-state index in [1.807, 2.05) is 52.0 Å². The molecule has 0 aromatic heterocycles. The number of hydrogen-bond donors (Lipinski definition) is 2. The van der Waals surface area contributed by atoms with Gasteiger partial charge in [0.25, 0.3) is 0 Å². The van der Waals surface area contributed by atoms with Crippen LogP contribution in [-0.4, -0.2) is 43.4 Å². The molecule has 0 unspecified atom stereocenters. The van der Waals surface area contributed by atoms with E-state index in [1.54, 1.807) is 0 Å². The summed E-state index contributed by atoms with van der Waals surface area (Å²) in [4.78, 5) is 23.2. The first-order chi connectivity index (χ1) is 11.9. The molecule has 0 saturated heterocycles. The van der Waals surface area contributed by atoms with Crippen molar-refractivity contribution in [3.05, 3.63) is 29.8 Å². The predicted molar refractivity (Wildman–Crippen MR) is 96.7 cm³/mol. The summed E-state index contributed by atoms with van der Waals surface area (Å²) in [6, 6.07) is 7.24. The Hall–Kier alpha value is -2.41. The zero-order valence-corrected chi connectivity index (χ0v) is 15.2. The van der Waals surface area contributed by atoms with Crippen molar-refractivity contribution >= 4 is 18.0 Å². The molecule has 7 nitrogen and oxygen atoms in total. The third-order valence-electron chi connectivity index (χ3n) is 2.90. The molecule has 0 fully saturated rings. The van der Waals surface area contributed by atoms with Gasteiger partial charge in [-0.15, -0.1) is 0 Å². The molecule has 0 atom stereocenters. The minimum atomic E-state index is -0.805. The maximum atomic E-state index is 11.6. The van der Waals surface area contributed by atoms with Gasteiger partial charge in [0.2, 0.25) is 0 Å². The van der Waals surface area contributed by atoms with Gasteiger partial charge in [-0.3, -0.25) is 9.59 Å². The van der Waals surface area contributed by atoms with Gasteiger partial charge >= 0.3 is 11.8 Å². The van der Waals surface area contributed by atoms with Crippen LogP contribution < -0.4 is 15.5 Å². The van der Waals surface area contributed by atoms with Crippen LogP contribution in [0.25, 0.3) is 0 Å². The normalized spacial score (nSPS) is 11.1. The van der Waals surface area contributed by atoms with Gasteiger partial charge in [-0.2, -0.15) is 5.10 Å². The van der Waals surface area contributed by atoms with Gasteiger partial charge in [0.15, 0.2) is 0 Å². The van der Waals surface area contributed by atoms with Crippen LogP contribution in [0, 0.1) is 0 Å². The molecule has 0 aliphatic carbocycles. The van der Waals surface area contributed by atoms with Crippen molar-refractivity contribution in [2.45, 2.75) is 46.3 Å². The topological polar surface area (TPSA) is 89.0 Å². The second-order valence-electron chi connectivity index (χ2n) is 5.96. The van der Waals surface area contributed by atoms with E-state index in [9.17, 15) is 9.59 Å². The molecule has 0 radical (unpaired) electrons. The molecule has 25 heavy (non-hydrogen) atoms. The van der Waals surface area contributed by atoms with Gasteiger partial charge in [-0.05, 0) is 63.9 Å². The molecular formula is C18H27N3O4. The fourth-order valence-corrected chi connectivity index (χ4v) is 1.79. The maximum absolute atomic E-state index is 11.6. The minimum absolute atomic E-state index is 0.106. The molecule has 0 aliphatic heterocycles. The molecule has 0 spiro atoms.